The molecule has 0 radical (unpaired) electrons. The first-order valence-electron chi connectivity index (χ1n) is 5.03. The lowest BCUT2D eigenvalue weighted by molar-refractivity contribution is 0.00436. The van der Waals surface area contributed by atoms with E-state index >= 15 is 0 Å². The molecule has 1 atom stereocenters. The van der Waals surface area contributed by atoms with Crippen LogP contribution in [-0.2, 0) is 9.47 Å². The predicted molar refractivity (Wildman–Crippen MR) is 63.3 cm³/mol. The predicted octanol–water partition coefficient (Wildman–Crippen LogP) is 2.43. The minimum absolute atomic E-state index is 0.254. The van der Waals surface area contributed by atoms with Crippen molar-refractivity contribution in [2.24, 2.45) is 0 Å². The van der Waals surface area contributed by atoms with Crippen LogP contribution in [-0.4, -0.2) is 30.3 Å². The van der Waals surface area contributed by atoms with Gasteiger partial charge in [0.1, 0.15) is 10.7 Å². The second-order valence-electron chi connectivity index (χ2n) is 3.24. The zero-order chi connectivity index (χ0) is 12.0. The van der Waals surface area contributed by atoms with E-state index in [1.165, 1.54) is 6.20 Å². The fourth-order valence-electron chi connectivity index (χ4n) is 1.07. The van der Waals surface area contributed by atoms with Crippen LogP contribution in [0.25, 0.3) is 0 Å². The largest absolute Gasteiger partial charge is 0.457 e. The Labute approximate surface area is 103 Å². The van der Waals surface area contributed by atoms with Crippen molar-refractivity contribution in [1.29, 1.82) is 0 Å². The van der Waals surface area contributed by atoms with Crippen molar-refractivity contribution in [3.63, 3.8) is 0 Å². The van der Waals surface area contributed by atoms with E-state index in [0.717, 1.165) is 0 Å². The van der Waals surface area contributed by atoms with E-state index in [4.69, 9.17) is 9.47 Å². The van der Waals surface area contributed by atoms with Gasteiger partial charge in [0.25, 0.3) is 0 Å². The molecule has 0 saturated heterocycles. The summed E-state index contributed by atoms with van der Waals surface area (Å²) in [4.78, 5) is 15.6. The van der Waals surface area contributed by atoms with E-state index in [1.54, 1.807) is 19.1 Å². The average Bonchev–Trinajstić information content (AvgIpc) is 2.27. The molecule has 0 fully saturated rings. The van der Waals surface area contributed by atoms with Crippen LogP contribution >= 0.6 is 15.9 Å². The molecular weight excluding hydrogens is 274 g/mol. The highest BCUT2D eigenvalue weighted by atomic mass is 79.9. The van der Waals surface area contributed by atoms with Gasteiger partial charge in [0.2, 0.25) is 0 Å². The first-order valence-corrected chi connectivity index (χ1v) is 5.83. The van der Waals surface area contributed by atoms with E-state index in [1.807, 2.05) is 6.92 Å². The van der Waals surface area contributed by atoms with Gasteiger partial charge in [0.05, 0.1) is 12.2 Å². The lowest BCUT2D eigenvalue weighted by Gasteiger charge is -2.12. The van der Waals surface area contributed by atoms with Gasteiger partial charge in [-0.15, -0.1) is 0 Å². The van der Waals surface area contributed by atoms with Gasteiger partial charge < -0.3 is 9.47 Å². The smallest absolute Gasteiger partial charge is 0.340 e. The maximum Gasteiger partial charge on any atom is 0.340 e. The van der Waals surface area contributed by atoms with Crippen LogP contribution in [0.2, 0.25) is 0 Å². The van der Waals surface area contributed by atoms with Gasteiger partial charge in [-0.1, -0.05) is 0 Å². The molecule has 1 unspecified atom stereocenters. The Bertz CT molecular complexity index is 340. The Morgan fingerprint density at radius 2 is 2.31 bits per heavy atom. The Hall–Kier alpha value is -0.940. The number of hydrogen-bond acceptors (Lipinski definition) is 4. The molecule has 0 amide bonds. The summed E-state index contributed by atoms with van der Waals surface area (Å²) >= 11 is 3.20. The molecule has 0 saturated carbocycles. The highest BCUT2D eigenvalue weighted by Crippen LogP contribution is 2.08. The fourth-order valence-corrected chi connectivity index (χ4v) is 1.30. The van der Waals surface area contributed by atoms with Gasteiger partial charge in [-0.05, 0) is 41.9 Å². The van der Waals surface area contributed by atoms with Crippen LogP contribution < -0.4 is 0 Å². The fraction of sp³-hybridized carbons (Fsp3) is 0.455. The van der Waals surface area contributed by atoms with E-state index in [-0.39, 0.29) is 12.1 Å². The Morgan fingerprint density at radius 3 is 2.88 bits per heavy atom. The monoisotopic (exact) mass is 287 g/mol. The zero-order valence-electron chi connectivity index (χ0n) is 9.27. The van der Waals surface area contributed by atoms with Crippen LogP contribution in [0.5, 0.6) is 0 Å². The summed E-state index contributed by atoms with van der Waals surface area (Å²) in [5.41, 5.74) is 0.437. The van der Waals surface area contributed by atoms with Gasteiger partial charge in [-0.2, -0.15) is 0 Å². The van der Waals surface area contributed by atoms with E-state index < -0.39 is 0 Å². The number of rotatable bonds is 5. The normalized spacial score (nSPS) is 12.2. The molecule has 1 aromatic heterocycles. The lowest BCUT2D eigenvalue weighted by atomic mass is 10.3. The molecule has 0 aliphatic carbocycles. The molecule has 1 aromatic rings. The molecule has 16 heavy (non-hydrogen) atoms. The third kappa shape index (κ3) is 4.28. The number of aromatic nitrogens is 1. The molecule has 0 bridgehead atoms. The third-order valence-electron chi connectivity index (χ3n) is 1.83. The van der Waals surface area contributed by atoms with Crippen molar-refractivity contribution >= 4 is 21.9 Å². The molecule has 0 spiro atoms. The summed E-state index contributed by atoms with van der Waals surface area (Å²) in [6.45, 7) is 4.71. The zero-order valence-corrected chi connectivity index (χ0v) is 10.9. The molecule has 4 nitrogen and oxygen atoms in total. The van der Waals surface area contributed by atoms with E-state index in [2.05, 4.69) is 20.9 Å². The van der Waals surface area contributed by atoms with Crippen LogP contribution in [0.3, 0.4) is 0 Å². The number of esters is 1. The summed E-state index contributed by atoms with van der Waals surface area (Å²) < 4.78 is 11.0. The summed E-state index contributed by atoms with van der Waals surface area (Å²) in [6.07, 6.45) is 1.22. The van der Waals surface area contributed by atoms with Crippen molar-refractivity contribution < 1.29 is 14.3 Å². The number of carbonyl (C=O) groups excluding carboxylic acids is 1. The summed E-state index contributed by atoms with van der Waals surface area (Å²) in [6, 6.07) is 3.36. The number of pyridine rings is 1. The van der Waals surface area contributed by atoms with Gasteiger partial charge in [-0.3, -0.25) is 0 Å². The number of halogens is 1. The highest BCUT2D eigenvalue weighted by Gasteiger charge is 2.12. The summed E-state index contributed by atoms with van der Waals surface area (Å²) in [5, 5.41) is 0. The molecule has 1 heterocycles. The highest BCUT2D eigenvalue weighted by molar-refractivity contribution is 9.10. The topological polar surface area (TPSA) is 48.4 Å². The molecule has 0 aromatic carbocycles. The van der Waals surface area contributed by atoms with Gasteiger partial charge in [-0.25, -0.2) is 9.78 Å². The first-order chi connectivity index (χ1) is 7.63. The second kappa shape index (κ2) is 6.60. The van der Waals surface area contributed by atoms with Gasteiger partial charge in [0, 0.05) is 12.8 Å². The maximum atomic E-state index is 11.6. The van der Waals surface area contributed by atoms with E-state index in [0.29, 0.717) is 23.4 Å². The molecule has 88 valence electrons. The average molecular weight is 288 g/mol. The van der Waals surface area contributed by atoms with Crippen LogP contribution in [0.15, 0.2) is 22.9 Å². The van der Waals surface area contributed by atoms with Gasteiger partial charge >= 0.3 is 5.97 Å². The number of carbonyl (C=O) groups is 1. The Kier molecular flexibility index (Phi) is 5.42. The lowest BCUT2D eigenvalue weighted by Crippen LogP contribution is -2.20. The molecule has 0 aliphatic rings. The molecule has 0 N–H and O–H groups in total. The summed E-state index contributed by atoms with van der Waals surface area (Å²) in [5.74, 6) is -0.382. The standard InChI is InChI=1S/C11H14BrNO3/c1-3-15-7-8(2)16-11(14)9-4-5-10(12)13-6-9/h4-6,8H,3,7H2,1-2H3. The SMILES string of the molecule is CCOCC(C)OC(=O)c1ccc(Br)nc1. The molecule has 0 aliphatic heterocycles. The van der Waals surface area contributed by atoms with Crippen molar-refractivity contribution in [3.8, 4) is 0 Å². The third-order valence-corrected chi connectivity index (χ3v) is 2.30. The van der Waals surface area contributed by atoms with Gasteiger partial charge in [0.15, 0.2) is 0 Å². The van der Waals surface area contributed by atoms with Crippen LogP contribution in [0.1, 0.15) is 24.2 Å². The quantitative estimate of drug-likeness (QED) is 0.616. The molecule has 1 rings (SSSR count). The first kappa shape index (κ1) is 13.1. The Morgan fingerprint density at radius 1 is 1.56 bits per heavy atom. The second-order valence-corrected chi connectivity index (χ2v) is 4.06. The van der Waals surface area contributed by atoms with Crippen molar-refractivity contribution in [2.45, 2.75) is 20.0 Å². The van der Waals surface area contributed by atoms with Crippen molar-refractivity contribution in [1.82, 2.24) is 4.98 Å². The number of hydrogen-bond donors (Lipinski definition) is 0. The minimum Gasteiger partial charge on any atom is -0.457 e. The number of ether oxygens (including phenoxy) is 2. The van der Waals surface area contributed by atoms with Crippen LogP contribution in [0, 0.1) is 0 Å². The van der Waals surface area contributed by atoms with Crippen molar-refractivity contribution in [2.75, 3.05) is 13.2 Å². The number of nitrogens with zero attached hydrogens (tertiary/aromatic N) is 1. The maximum absolute atomic E-state index is 11.6. The molecule has 5 heteroatoms. The van der Waals surface area contributed by atoms with Crippen LogP contribution in [0.4, 0.5) is 0 Å². The van der Waals surface area contributed by atoms with Crippen molar-refractivity contribution in [3.05, 3.63) is 28.5 Å². The Balaban J connectivity index is 2.48. The summed E-state index contributed by atoms with van der Waals surface area (Å²) in [7, 11) is 0. The molecular formula is C11H14BrNO3. The minimum atomic E-state index is -0.382. The van der Waals surface area contributed by atoms with E-state index in [9.17, 15) is 4.79 Å².